The number of anilines is 2. The Morgan fingerprint density at radius 3 is 2.60 bits per heavy atom. The number of hydrogen-bond donors (Lipinski definition) is 3. The van der Waals surface area contributed by atoms with Crippen molar-refractivity contribution in [3.05, 3.63) is 11.9 Å². The summed E-state index contributed by atoms with van der Waals surface area (Å²) in [4.78, 5) is 8.12. The molecule has 0 spiro atoms. The zero-order valence-electron chi connectivity index (χ0n) is 10.8. The van der Waals surface area contributed by atoms with Crippen LogP contribution in [0, 0.1) is 0 Å². The number of hydrogen-bond acceptors (Lipinski definition) is 7. The van der Waals surface area contributed by atoms with Crippen LogP contribution in [0.2, 0.25) is 0 Å². The first-order valence-electron chi connectivity index (χ1n) is 5.66. The van der Waals surface area contributed by atoms with Gasteiger partial charge >= 0.3 is 6.18 Å². The highest BCUT2D eigenvalue weighted by molar-refractivity contribution is 5.46. The Kier molecular flexibility index (Phi) is 6.42. The highest BCUT2D eigenvalue weighted by atomic mass is 19.4. The number of ether oxygens (including phenoxy) is 2. The number of alkyl halides is 3. The van der Waals surface area contributed by atoms with Gasteiger partial charge < -0.3 is 20.2 Å². The van der Waals surface area contributed by atoms with E-state index in [0.717, 1.165) is 0 Å². The van der Waals surface area contributed by atoms with E-state index in [1.165, 1.54) is 13.2 Å². The summed E-state index contributed by atoms with van der Waals surface area (Å²) in [5, 5.41) is 2.81. The summed E-state index contributed by atoms with van der Waals surface area (Å²) >= 11 is 0. The maximum atomic E-state index is 11.8. The van der Waals surface area contributed by atoms with Gasteiger partial charge in [-0.1, -0.05) is 0 Å². The molecule has 0 aliphatic rings. The number of nitrogen functional groups attached to an aromatic ring is 1. The fourth-order valence-electron chi connectivity index (χ4n) is 1.29. The minimum atomic E-state index is -4.32. The second-order valence-corrected chi connectivity index (χ2v) is 3.73. The smallest absolute Gasteiger partial charge is 0.377 e. The van der Waals surface area contributed by atoms with Gasteiger partial charge in [0, 0.05) is 19.7 Å². The van der Waals surface area contributed by atoms with Crippen LogP contribution in [0.25, 0.3) is 0 Å². The van der Waals surface area contributed by atoms with Gasteiger partial charge in [-0.3, -0.25) is 0 Å². The van der Waals surface area contributed by atoms with E-state index in [9.17, 15) is 13.2 Å². The molecule has 0 unspecified atom stereocenters. The van der Waals surface area contributed by atoms with Crippen LogP contribution in [0.3, 0.4) is 0 Å². The Balaban J connectivity index is 2.44. The molecule has 0 aliphatic heterocycles. The SMILES string of the molecule is COCc1nc(NN)cc(NCCOCC(F)(F)F)n1. The van der Waals surface area contributed by atoms with Crippen molar-refractivity contribution in [3.63, 3.8) is 0 Å². The van der Waals surface area contributed by atoms with Gasteiger partial charge in [0.2, 0.25) is 0 Å². The summed E-state index contributed by atoms with van der Waals surface area (Å²) in [6.07, 6.45) is -4.32. The maximum absolute atomic E-state index is 11.8. The lowest BCUT2D eigenvalue weighted by molar-refractivity contribution is -0.172. The number of nitrogens with zero attached hydrogens (tertiary/aromatic N) is 2. The Morgan fingerprint density at radius 2 is 2.00 bits per heavy atom. The minimum absolute atomic E-state index is 0.103. The molecule has 0 fully saturated rings. The number of hydrazine groups is 1. The molecular formula is C10H16F3N5O2. The summed E-state index contributed by atoms with van der Waals surface area (Å²) in [5.41, 5.74) is 2.36. The maximum Gasteiger partial charge on any atom is 0.411 e. The molecule has 1 aromatic rings. The first-order chi connectivity index (χ1) is 9.44. The van der Waals surface area contributed by atoms with E-state index < -0.39 is 12.8 Å². The van der Waals surface area contributed by atoms with E-state index in [-0.39, 0.29) is 19.8 Å². The lowest BCUT2D eigenvalue weighted by atomic mass is 10.4. The van der Waals surface area contributed by atoms with Gasteiger partial charge in [-0.2, -0.15) is 13.2 Å². The fraction of sp³-hybridized carbons (Fsp3) is 0.600. The van der Waals surface area contributed by atoms with Crippen molar-refractivity contribution in [2.45, 2.75) is 12.8 Å². The van der Waals surface area contributed by atoms with E-state index in [0.29, 0.717) is 17.5 Å². The molecule has 0 aliphatic carbocycles. The molecule has 10 heteroatoms. The van der Waals surface area contributed by atoms with Crippen molar-refractivity contribution in [2.75, 3.05) is 37.6 Å². The summed E-state index contributed by atoms with van der Waals surface area (Å²) in [6.45, 7) is -1.02. The van der Waals surface area contributed by atoms with Crippen LogP contribution in [0.15, 0.2) is 6.07 Å². The third-order valence-corrected chi connectivity index (χ3v) is 2.01. The Bertz CT molecular complexity index is 416. The topological polar surface area (TPSA) is 94.3 Å². The molecule has 114 valence electrons. The summed E-state index contributed by atoms with van der Waals surface area (Å²) < 4.78 is 44.9. The quantitative estimate of drug-likeness (QED) is 0.372. The van der Waals surface area contributed by atoms with Crippen LogP contribution >= 0.6 is 0 Å². The molecule has 0 radical (unpaired) electrons. The second-order valence-electron chi connectivity index (χ2n) is 3.73. The van der Waals surface area contributed by atoms with E-state index >= 15 is 0 Å². The Labute approximate surface area is 113 Å². The van der Waals surface area contributed by atoms with Crippen LogP contribution in [0.5, 0.6) is 0 Å². The lowest BCUT2D eigenvalue weighted by Crippen LogP contribution is -2.20. The Hall–Kier alpha value is -1.65. The highest BCUT2D eigenvalue weighted by Gasteiger charge is 2.27. The molecule has 0 saturated carbocycles. The average molecular weight is 295 g/mol. The molecule has 0 saturated heterocycles. The largest absolute Gasteiger partial charge is 0.411 e. The molecule has 20 heavy (non-hydrogen) atoms. The van der Waals surface area contributed by atoms with E-state index in [1.807, 2.05) is 0 Å². The summed E-state index contributed by atoms with van der Waals surface area (Å²) in [7, 11) is 1.49. The molecule has 0 aromatic carbocycles. The highest BCUT2D eigenvalue weighted by Crippen LogP contribution is 2.14. The van der Waals surface area contributed by atoms with E-state index in [1.54, 1.807) is 0 Å². The average Bonchev–Trinajstić information content (AvgIpc) is 2.37. The number of nitrogens with one attached hydrogen (secondary N) is 2. The molecule has 1 rings (SSSR count). The summed E-state index contributed by atoms with van der Waals surface area (Å²) in [6, 6.07) is 1.52. The lowest BCUT2D eigenvalue weighted by Gasteiger charge is -2.10. The molecule has 1 heterocycles. The standard InChI is InChI=1S/C10H16F3N5O2/c1-19-5-9-16-7(4-8(17-9)18-14)15-2-3-20-6-10(11,12)13/h4H,2-3,5-6,14H2,1H3,(H2,15,16,17,18). The van der Waals surface area contributed by atoms with Crippen LogP contribution in [0.4, 0.5) is 24.8 Å². The third kappa shape index (κ3) is 6.50. The predicted molar refractivity (Wildman–Crippen MR) is 65.9 cm³/mol. The van der Waals surface area contributed by atoms with Gasteiger partial charge in [-0.05, 0) is 0 Å². The van der Waals surface area contributed by atoms with Crippen LogP contribution in [0.1, 0.15) is 5.82 Å². The molecule has 0 amide bonds. The number of nitrogens with two attached hydrogens (primary N) is 1. The monoisotopic (exact) mass is 295 g/mol. The van der Waals surface area contributed by atoms with E-state index in [2.05, 4.69) is 25.4 Å². The van der Waals surface area contributed by atoms with Crippen molar-refractivity contribution in [1.29, 1.82) is 0 Å². The normalized spacial score (nSPS) is 11.4. The van der Waals surface area contributed by atoms with Gasteiger partial charge in [0.05, 0.1) is 6.61 Å². The number of halogens is 3. The number of rotatable bonds is 8. The van der Waals surface area contributed by atoms with Crippen molar-refractivity contribution < 1.29 is 22.6 Å². The van der Waals surface area contributed by atoms with Gasteiger partial charge in [0.15, 0.2) is 5.82 Å². The third-order valence-electron chi connectivity index (χ3n) is 2.01. The van der Waals surface area contributed by atoms with E-state index in [4.69, 9.17) is 10.6 Å². The van der Waals surface area contributed by atoms with Crippen LogP contribution in [-0.2, 0) is 16.1 Å². The van der Waals surface area contributed by atoms with Gasteiger partial charge in [0.25, 0.3) is 0 Å². The molecule has 4 N–H and O–H groups in total. The van der Waals surface area contributed by atoms with Gasteiger partial charge in [-0.15, -0.1) is 0 Å². The predicted octanol–water partition coefficient (Wildman–Crippen LogP) is 0.899. The second kappa shape index (κ2) is 7.82. The first kappa shape index (κ1) is 16.4. The fourth-order valence-corrected chi connectivity index (χ4v) is 1.29. The van der Waals surface area contributed by atoms with Crippen molar-refractivity contribution in [1.82, 2.24) is 9.97 Å². The van der Waals surface area contributed by atoms with Gasteiger partial charge in [0.1, 0.15) is 24.8 Å². The zero-order chi connectivity index (χ0) is 15.0. The molecule has 0 bridgehead atoms. The van der Waals surface area contributed by atoms with Crippen molar-refractivity contribution in [2.24, 2.45) is 5.84 Å². The number of methoxy groups -OCH3 is 1. The minimum Gasteiger partial charge on any atom is -0.377 e. The molecule has 7 nitrogen and oxygen atoms in total. The Morgan fingerprint density at radius 1 is 1.30 bits per heavy atom. The molecular weight excluding hydrogens is 279 g/mol. The van der Waals surface area contributed by atoms with Crippen LogP contribution in [-0.4, -0.2) is 43.0 Å². The number of aromatic nitrogens is 2. The van der Waals surface area contributed by atoms with Gasteiger partial charge in [-0.25, -0.2) is 15.8 Å². The molecule has 1 aromatic heterocycles. The van der Waals surface area contributed by atoms with Crippen LogP contribution < -0.4 is 16.6 Å². The zero-order valence-corrected chi connectivity index (χ0v) is 10.8. The van der Waals surface area contributed by atoms with Crippen molar-refractivity contribution >= 4 is 11.6 Å². The first-order valence-corrected chi connectivity index (χ1v) is 5.66. The summed E-state index contributed by atoms with van der Waals surface area (Å²) in [5.74, 6) is 6.42. The van der Waals surface area contributed by atoms with Crippen molar-refractivity contribution in [3.8, 4) is 0 Å². The molecule has 0 atom stereocenters.